The summed E-state index contributed by atoms with van der Waals surface area (Å²) in [4.78, 5) is -1.08. The fraction of sp³-hybridized carbons (Fsp3) is 0.500. The second-order valence-corrected chi connectivity index (χ2v) is 6.77. The maximum Gasteiger partial charge on any atom is 0.246 e. The SMILES string of the molecule is Nc1cc(F)c(S(=O)(=O)NCC2(O)CCCC2)c(F)c1. The highest BCUT2D eigenvalue weighted by Crippen LogP contribution is 2.29. The van der Waals surface area contributed by atoms with E-state index in [-0.39, 0.29) is 12.2 Å². The van der Waals surface area contributed by atoms with Gasteiger partial charge in [-0.25, -0.2) is 21.9 Å². The quantitative estimate of drug-likeness (QED) is 0.727. The Hall–Kier alpha value is -1.25. The van der Waals surface area contributed by atoms with E-state index in [2.05, 4.69) is 4.72 Å². The van der Waals surface area contributed by atoms with Gasteiger partial charge in [0, 0.05) is 12.2 Å². The maximum atomic E-state index is 13.6. The highest BCUT2D eigenvalue weighted by atomic mass is 32.2. The van der Waals surface area contributed by atoms with Crippen LogP contribution in [0.1, 0.15) is 25.7 Å². The lowest BCUT2D eigenvalue weighted by molar-refractivity contribution is 0.0531. The van der Waals surface area contributed by atoms with Crippen LogP contribution in [0.3, 0.4) is 0 Å². The smallest absolute Gasteiger partial charge is 0.246 e. The molecule has 0 unspecified atom stereocenters. The largest absolute Gasteiger partial charge is 0.399 e. The number of nitrogen functional groups attached to an aromatic ring is 1. The first kappa shape index (κ1) is 15.1. The number of halogens is 2. The van der Waals surface area contributed by atoms with Crippen LogP contribution in [-0.4, -0.2) is 25.7 Å². The Bertz CT molecular complexity index is 590. The van der Waals surface area contributed by atoms with Gasteiger partial charge in [-0.15, -0.1) is 0 Å². The number of rotatable bonds is 4. The highest BCUT2D eigenvalue weighted by molar-refractivity contribution is 7.89. The van der Waals surface area contributed by atoms with Gasteiger partial charge in [0.05, 0.1) is 5.60 Å². The average molecular weight is 306 g/mol. The standard InChI is InChI=1S/C12H16F2N2O3S/c13-9-5-8(15)6-10(14)11(9)20(18,19)16-7-12(17)3-1-2-4-12/h5-6,16-17H,1-4,7,15H2. The van der Waals surface area contributed by atoms with Crippen molar-refractivity contribution in [1.29, 1.82) is 0 Å². The molecule has 5 nitrogen and oxygen atoms in total. The summed E-state index contributed by atoms with van der Waals surface area (Å²) in [5.41, 5.74) is 3.89. The molecule has 1 saturated carbocycles. The van der Waals surface area contributed by atoms with Crippen LogP contribution in [0, 0.1) is 11.6 Å². The van der Waals surface area contributed by atoms with Crippen molar-refractivity contribution in [3.8, 4) is 0 Å². The first-order valence-electron chi connectivity index (χ1n) is 6.20. The van der Waals surface area contributed by atoms with E-state index in [9.17, 15) is 22.3 Å². The number of nitrogens with two attached hydrogens (primary N) is 1. The van der Waals surface area contributed by atoms with E-state index in [1.165, 1.54) is 0 Å². The molecule has 8 heteroatoms. The predicted molar refractivity (Wildman–Crippen MR) is 69.4 cm³/mol. The summed E-state index contributed by atoms with van der Waals surface area (Å²) in [7, 11) is -4.38. The Morgan fingerprint density at radius 3 is 2.25 bits per heavy atom. The van der Waals surface area contributed by atoms with Crippen LogP contribution >= 0.6 is 0 Å². The molecule has 0 atom stereocenters. The van der Waals surface area contributed by atoms with Crippen LogP contribution in [-0.2, 0) is 10.0 Å². The van der Waals surface area contributed by atoms with Crippen LogP contribution in [0.5, 0.6) is 0 Å². The van der Waals surface area contributed by atoms with E-state index in [1.807, 2.05) is 0 Å². The highest BCUT2D eigenvalue weighted by Gasteiger charge is 2.34. The van der Waals surface area contributed by atoms with Crippen molar-refractivity contribution in [3.05, 3.63) is 23.8 Å². The molecule has 0 bridgehead atoms. The predicted octanol–water partition coefficient (Wildman–Crippen LogP) is 1.13. The zero-order valence-electron chi connectivity index (χ0n) is 10.7. The van der Waals surface area contributed by atoms with Gasteiger partial charge in [-0.3, -0.25) is 0 Å². The number of anilines is 1. The van der Waals surface area contributed by atoms with Crippen molar-refractivity contribution < 1.29 is 22.3 Å². The number of hydrogen-bond donors (Lipinski definition) is 3. The van der Waals surface area contributed by atoms with Gasteiger partial charge in [0.25, 0.3) is 0 Å². The molecule has 4 N–H and O–H groups in total. The second-order valence-electron chi connectivity index (χ2n) is 5.07. The Morgan fingerprint density at radius 2 is 1.75 bits per heavy atom. The van der Waals surface area contributed by atoms with Crippen molar-refractivity contribution in [3.63, 3.8) is 0 Å². The van der Waals surface area contributed by atoms with Crippen LogP contribution in [0.4, 0.5) is 14.5 Å². The van der Waals surface area contributed by atoms with E-state index < -0.39 is 32.2 Å². The monoisotopic (exact) mass is 306 g/mol. The molecule has 0 aliphatic heterocycles. The number of benzene rings is 1. The molecule has 0 spiro atoms. The number of hydrogen-bond acceptors (Lipinski definition) is 4. The molecule has 2 rings (SSSR count). The lowest BCUT2D eigenvalue weighted by Gasteiger charge is -2.22. The van der Waals surface area contributed by atoms with Gasteiger partial charge >= 0.3 is 0 Å². The van der Waals surface area contributed by atoms with E-state index >= 15 is 0 Å². The minimum atomic E-state index is -4.38. The van der Waals surface area contributed by atoms with Crippen LogP contribution < -0.4 is 10.5 Å². The molecule has 1 aromatic carbocycles. The third-order valence-corrected chi connectivity index (χ3v) is 4.87. The molecule has 0 radical (unpaired) electrons. The first-order chi connectivity index (χ1) is 9.23. The molecule has 0 amide bonds. The summed E-state index contributed by atoms with van der Waals surface area (Å²) in [5, 5.41) is 10.0. The Kier molecular flexibility index (Phi) is 3.99. The molecular weight excluding hydrogens is 290 g/mol. The summed E-state index contributed by atoms with van der Waals surface area (Å²) in [6.07, 6.45) is 2.51. The Labute approximate surface area is 115 Å². The average Bonchev–Trinajstić information content (AvgIpc) is 2.73. The van der Waals surface area contributed by atoms with Gasteiger partial charge in [-0.1, -0.05) is 12.8 Å². The number of nitrogens with one attached hydrogen (secondary N) is 1. The van der Waals surface area contributed by atoms with E-state index in [4.69, 9.17) is 5.73 Å². The molecule has 112 valence electrons. The third kappa shape index (κ3) is 3.08. The molecule has 0 aromatic heterocycles. The van der Waals surface area contributed by atoms with E-state index in [0.717, 1.165) is 25.0 Å². The third-order valence-electron chi connectivity index (χ3n) is 3.41. The molecule has 0 heterocycles. The second kappa shape index (κ2) is 5.27. The summed E-state index contributed by atoms with van der Waals surface area (Å²) in [6.45, 7) is -0.265. The first-order valence-corrected chi connectivity index (χ1v) is 7.68. The molecule has 1 aromatic rings. The Balaban J connectivity index is 2.23. The van der Waals surface area contributed by atoms with Gasteiger partial charge in [-0.05, 0) is 25.0 Å². The molecule has 1 aliphatic rings. The summed E-state index contributed by atoms with van der Waals surface area (Å²) >= 11 is 0. The topological polar surface area (TPSA) is 92.4 Å². The lowest BCUT2D eigenvalue weighted by Crippen LogP contribution is -2.41. The van der Waals surface area contributed by atoms with E-state index in [0.29, 0.717) is 12.8 Å². The fourth-order valence-corrected chi connectivity index (χ4v) is 3.58. The molecule has 1 fully saturated rings. The van der Waals surface area contributed by atoms with E-state index in [1.54, 1.807) is 0 Å². The molecular formula is C12H16F2N2O3S. The van der Waals surface area contributed by atoms with Gasteiger partial charge in [-0.2, -0.15) is 0 Å². The number of sulfonamides is 1. The van der Waals surface area contributed by atoms with Crippen molar-refractivity contribution in [2.75, 3.05) is 12.3 Å². The van der Waals surface area contributed by atoms with Crippen molar-refractivity contribution in [2.45, 2.75) is 36.2 Å². The Morgan fingerprint density at radius 1 is 1.25 bits per heavy atom. The minimum absolute atomic E-state index is 0.201. The maximum absolute atomic E-state index is 13.6. The van der Waals surface area contributed by atoms with Gasteiger partial charge in [0.1, 0.15) is 11.6 Å². The fourth-order valence-electron chi connectivity index (χ4n) is 2.35. The van der Waals surface area contributed by atoms with Crippen molar-refractivity contribution >= 4 is 15.7 Å². The lowest BCUT2D eigenvalue weighted by atomic mass is 10.0. The normalized spacial score (nSPS) is 18.4. The molecule has 0 saturated heterocycles. The van der Waals surface area contributed by atoms with Gasteiger partial charge < -0.3 is 10.8 Å². The van der Waals surface area contributed by atoms with Crippen LogP contribution in [0.15, 0.2) is 17.0 Å². The van der Waals surface area contributed by atoms with Crippen molar-refractivity contribution in [1.82, 2.24) is 4.72 Å². The molecule has 20 heavy (non-hydrogen) atoms. The number of aliphatic hydroxyl groups is 1. The minimum Gasteiger partial charge on any atom is -0.399 e. The summed E-state index contributed by atoms with van der Waals surface area (Å²) < 4.78 is 53.1. The van der Waals surface area contributed by atoms with Crippen molar-refractivity contribution in [2.24, 2.45) is 0 Å². The summed E-state index contributed by atoms with van der Waals surface area (Å²) in [6, 6.07) is 1.48. The van der Waals surface area contributed by atoms with Crippen LogP contribution in [0.25, 0.3) is 0 Å². The summed E-state index contributed by atoms with van der Waals surface area (Å²) in [5.74, 6) is -2.51. The van der Waals surface area contributed by atoms with Crippen LogP contribution in [0.2, 0.25) is 0 Å². The zero-order chi connectivity index (χ0) is 15.0. The van der Waals surface area contributed by atoms with Gasteiger partial charge in [0.15, 0.2) is 4.90 Å². The molecule has 1 aliphatic carbocycles. The zero-order valence-corrected chi connectivity index (χ0v) is 11.5. The van der Waals surface area contributed by atoms with Gasteiger partial charge in [0.2, 0.25) is 10.0 Å².